The van der Waals surface area contributed by atoms with Crippen molar-refractivity contribution in [1.82, 2.24) is 0 Å². The first-order valence-corrected chi connectivity index (χ1v) is 16.1. The van der Waals surface area contributed by atoms with Gasteiger partial charge in [-0.25, -0.2) is 0 Å². The van der Waals surface area contributed by atoms with E-state index in [1.165, 1.54) is 0 Å². The molecule has 2 rings (SSSR count). The van der Waals surface area contributed by atoms with Gasteiger partial charge in [-0.05, 0) is 18.1 Å². The van der Waals surface area contributed by atoms with Crippen molar-refractivity contribution in [3.8, 4) is 0 Å². The van der Waals surface area contributed by atoms with Crippen LogP contribution in [0.1, 0.15) is 22.9 Å². The van der Waals surface area contributed by atoms with Crippen molar-refractivity contribution in [2.75, 3.05) is 0 Å². The highest BCUT2D eigenvalue weighted by atomic mass is 79.9. The molecule has 2 atom stereocenters. The van der Waals surface area contributed by atoms with Crippen molar-refractivity contribution in [1.29, 1.82) is 0 Å². The summed E-state index contributed by atoms with van der Waals surface area (Å²) in [4.78, 5) is -0.0931. The molecule has 0 aromatic heterocycles. The average molecular weight is 1040 g/mol. The van der Waals surface area contributed by atoms with E-state index in [4.69, 9.17) is 0 Å². The summed E-state index contributed by atoms with van der Waals surface area (Å²) >= 11 is 39.4. The number of hydrogen-bond donors (Lipinski definition) is 0. The second-order valence-corrected chi connectivity index (χ2v) is 22.9. The zero-order valence-electron chi connectivity index (χ0n) is 14.6. The average Bonchev–Trinajstić information content (AvgIpc) is 2.68. The molecule has 0 radical (unpaired) electrons. The number of alkyl halides is 10. The fourth-order valence-corrected chi connectivity index (χ4v) is 11.8. The summed E-state index contributed by atoms with van der Waals surface area (Å²) in [5.41, 5.74) is 2.18. The first-order chi connectivity index (χ1) is 13.1. The highest BCUT2D eigenvalue weighted by molar-refractivity contribution is 9.33. The number of benzene rings is 2. The van der Waals surface area contributed by atoms with Gasteiger partial charge in [0.15, 0.2) is 0 Å². The summed E-state index contributed by atoms with van der Waals surface area (Å²) in [5.74, 6) is 0. The van der Waals surface area contributed by atoms with Gasteiger partial charge in [-0.15, -0.1) is 0 Å². The molecular weight excluding hydrogens is 1030 g/mol. The largest absolute Gasteiger partial charge is 0.133 e. The Morgan fingerprint density at radius 3 is 1.48 bits per heavy atom. The summed E-state index contributed by atoms with van der Waals surface area (Å²) in [7, 11) is 0. The third kappa shape index (κ3) is 5.26. The van der Waals surface area contributed by atoms with Gasteiger partial charge in [0.05, 0.1) is 9.15 Å². The fraction of sp³-hybridized carbons (Fsp3) is 0.368. The van der Waals surface area contributed by atoms with Crippen LogP contribution >= 0.6 is 159 Å². The van der Waals surface area contributed by atoms with E-state index >= 15 is 0 Å². The molecule has 0 spiro atoms. The molecule has 0 nitrogen and oxygen atoms in total. The third-order valence-electron chi connectivity index (χ3n) is 4.54. The zero-order chi connectivity index (χ0) is 22.3. The van der Waals surface area contributed by atoms with E-state index in [2.05, 4.69) is 190 Å². The Morgan fingerprint density at radius 2 is 1.03 bits per heavy atom. The lowest BCUT2D eigenvalue weighted by molar-refractivity contribution is 0.524. The number of rotatable bonds is 7. The van der Waals surface area contributed by atoms with Crippen molar-refractivity contribution >= 4 is 159 Å². The summed E-state index contributed by atoms with van der Waals surface area (Å²) < 4.78 is -3.47. The van der Waals surface area contributed by atoms with E-state index in [-0.39, 0.29) is 4.83 Å². The molecule has 0 saturated heterocycles. The van der Waals surface area contributed by atoms with E-state index in [9.17, 15) is 0 Å². The van der Waals surface area contributed by atoms with Crippen molar-refractivity contribution < 1.29 is 0 Å². The van der Waals surface area contributed by atoms with Crippen molar-refractivity contribution in [3.63, 3.8) is 0 Å². The Morgan fingerprint density at radius 1 is 0.621 bits per heavy atom. The highest BCUT2D eigenvalue weighted by Gasteiger charge is 2.70. The van der Waals surface area contributed by atoms with E-state index < -0.39 is 17.3 Å². The first kappa shape index (κ1) is 28.5. The summed E-state index contributed by atoms with van der Waals surface area (Å²) in [6.07, 6.45) is 0. The SMILES string of the molecule is CC(Br)(C(Br)(Br)c1ccccc1)C(Br)(Br)C(Br)(Br)C(Br)(Br)C(Br)c1ccccc1. The van der Waals surface area contributed by atoms with Crippen molar-refractivity contribution in [3.05, 3.63) is 71.8 Å². The highest BCUT2D eigenvalue weighted by Crippen LogP contribution is 2.73. The molecule has 2 aromatic carbocycles. The van der Waals surface area contributed by atoms with Crippen LogP contribution in [-0.2, 0) is 3.23 Å². The van der Waals surface area contributed by atoms with Crippen LogP contribution in [-0.4, -0.2) is 14.0 Å². The van der Waals surface area contributed by atoms with E-state index in [1.807, 2.05) is 36.4 Å². The fourth-order valence-electron chi connectivity index (χ4n) is 2.61. The molecule has 2 unspecified atom stereocenters. The molecule has 160 valence electrons. The van der Waals surface area contributed by atoms with Crippen LogP contribution in [0.25, 0.3) is 0 Å². The van der Waals surface area contributed by atoms with Crippen LogP contribution in [0.2, 0.25) is 0 Å². The smallest absolute Gasteiger partial charge is 0.0813 e. The standard InChI is InChI=1S/C19H14Br10/c1-15(21,16(22,23)13-10-6-3-7-11-13)18(26,27)19(28,29)17(24,25)14(20)12-8-4-2-5-9-12/h2-11,14H,1H3. The third-order valence-corrected chi connectivity index (χ3v) is 24.4. The predicted octanol–water partition coefficient (Wildman–Crippen LogP) is 11.4. The molecule has 0 aliphatic carbocycles. The molecule has 0 heterocycles. The maximum atomic E-state index is 3.99. The van der Waals surface area contributed by atoms with Gasteiger partial charge < -0.3 is 0 Å². The number of halogens is 10. The molecule has 0 saturated carbocycles. The lowest BCUT2D eigenvalue weighted by atomic mass is 9.93. The van der Waals surface area contributed by atoms with Crippen LogP contribution in [0.3, 0.4) is 0 Å². The van der Waals surface area contributed by atoms with Crippen LogP contribution in [0.15, 0.2) is 60.7 Å². The molecule has 10 heteroatoms. The second kappa shape index (κ2) is 10.5. The molecule has 29 heavy (non-hydrogen) atoms. The summed E-state index contributed by atoms with van der Waals surface area (Å²) in [6.45, 7) is 2.09. The topological polar surface area (TPSA) is 0 Å². The van der Waals surface area contributed by atoms with Crippen LogP contribution < -0.4 is 0 Å². The Kier molecular flexibility index (Phi) is 10.3. The number of hydrogen-bond acceptors (Lipinski definition) is 0. The maximum Gasteiger partial charge on any atom is 0.133 e. The van der Waals surface area contributed by atoms with Crippen LogP contribution in [0, 0.1) is 0 Å². The molecule has 0 aliphatic rings. The summed E-state index contributed by atoms with van der Waals surface area (Å²) in [5, 5.41) is 0. The molecule has 0 fully saturated rings. The van der Waals surface area contributed by atoms with Gasteiger partial charge in [0.25, 0.3) is 0 Å². The normalized spacial score (nSPS) is 16.9. The van der Waals surface area contributed by atoms with Crippen LogP contribution in [0.4, 0.5) is 0 Å². The maximum absolute atomic E-state index is 3.99. The van der Waals surface area contributed by atoms with Crippen molar-refractivity contribution in [2.24, 2.45) is 0 Å². The quantitative estimate of drug-likeness (QED) is 0.243. The van der Waals surface area contributed by atoms with E-state index in [0.717, 1.165) is 11.1 Å². The monoisotopic (exact) mass is 1030 g/mol. The molecule has 0 aliphatic heterocycles. The van der Waals surface area contributed by atoms with Gasteiger partial charge in [0.2, 0.25) is 0 Å². The van der Waals surface area contributed by atoms with Gasteiger partial charge in [0, 0.05) is 0 Å². The zero-order valence-corrected chi connectivity index (χ0v) is 30.5. The molecule has 2 aromatic rings. The molecular formula is C19H14Br10. The molecule has 0 N–H and O–H groups in total. The van der Waals surface area contributed by atoms with Gasteiger partial charge in [-0.1, -0.05) is 220 Å². The first-order valence-electron chi connectivity index (χ1n) is 8.07. The van der Waals surface area contributed by atoms with Gasteiger partial charge in [-0.2, -0.15) is 0 Å². The molecule has 0 amide bonds. The Hall–Kier alpha value is 3.24. The minimum atomic E-state index is -0.774. The lowest BCUT2D eigenvalue weighted by Gasteiger charge is -2.54. The van der Waals surface area contributed by atoms with Gasteiger partial charge >= 0.3 is 0 Å². The minimum Gasteiger partial charge on any atom is -0.0813 e. The Balaban J connectivity index is 2.53. The lowest BCUT2D eigenvalue weighted by Crippen LogP contribution is -2.62. The summed E-state index contributed by atoms with van der Waals surface area (Å²) in [6, 6.07) is 20.3. The molecule has 0 bridgehead atoms. The van der Waals surface area contributed by atoms with Gasteiger partial charge in [0.1, 0.15) is 12.9 Å². The Labute approximate surface area is 256 Å². The predicted molar refractivity (Wildman–Crippen MR) is 163 cm³/mol. The Bertz CT molecular complexity index is 815. The van der Waals surface area contributed by atoms with E-state index in [1.54, 1.807) is 0 Å². The van der Waals surface area contributed by atoms with Crippen LogP contribution in [0.5, 0.6) is 0 Å². The van der Waals surface area contributed by atoms with Gasteiger partial charge in [-0.3, -0.25) is 0 Å². The van der Waals surface area contributed by atoms with E-state index in [0.29, 0.717) is 0 Å². The second-order valence-electron chi connectivity index (χ2n) is 6.49. The van der Waals surface area contributed by atoms with Crippen molar-refractivity contribution in [2.45, 2.75) is 29.0 Å². The minimum absolute atomic E-state index is 0.0931.